The topological polar surface area (TPSA) is 32.3 Å². The summed E-state index contributed by atoms with van der Waals surface area (Å²) in [6, 6.07) is 0. The molecular weight excluding hydrogens is 223 g/mol. The lowest BCUT2D eigenvalue weighted by Crippen LogP contribution is -2.21. The third-order valence-electron chi connectivity index (χ3n) is 1.42. The van der Waals surface area contributed by atoms with Gasteiger partial charge in [0.2, 0.25) is 6.41 Å². The summed E-state index contributed by atoms with van der Waals surface area (Å²) in [7, 11) is 3.38. The Morgan fingerprint density at radius 2 is 1.57 bits per heavy atom. The maximum Gasteiger partial charge on any atom is 0.209 e. The van der Waals surface area contributed by atoms with Crippen LogP contribution in [0.5, 0.6) is 0 Å². The lowest BCUT2D eigenvalue weighted by atomic mass is 10.2. The van der Waals surface area contributed by atoms with E-state index < -0.39 is 0 Å². The fourth-order valence-corrected chi connectivity index (χ4v) is 0.802. The Balaban J connectivity index is 0. The monoisotopic (exact) mass is 242 g/mol. The first-order valence-electron chi connectivity index (χ1n) is 4.63. The quantitative estimate of drug-likeness (QED) is 0.563. The summed E-state index contributed by atoms with van der Waals surface area (Å²) in [5.41, 5.74) is 0. The molecule has 0 unspecified atom stereocenters. The summed E-state index contributed by atoms with van der Waals surface area (Å²) >= 11 is 9.53. The van der Waals surface area contributed by atoms with Gasteiger partial charge in [0.05, 0.1) is 5.34 Å². The highest BCUT2D eigenvalue weighted by molar-refractivity contribution is 6.40. The maximum absolute atomic E-state index is 9.43. The van der Waals surface area contributed by atoms with Crippen molar-refractivity contribution in [3.05, 3.63) is 0 Å². The molecule has 1 N–H and O–H groups in total. The van der Waals surface area contributed by atoms with Gasteiger partial charge in [-0.2, -0.15) is 0 Å². The fraction of sp³-hybridized carbons (Fsp3) is 0.889. The van der Waals surface area contributed by atoms with Gasteiger partial charge in [-0.25, -0.2) is 0 Å². The van der Waals surface area contributed by atoms with Crippen LogP contribution in [0.4, 0.5) is 0 Å². The Morgan fingerprint density at radius 3 is 1.64 bits per heavy atom. The van der Waals surface area contributed by atoms with Gasteiger partial charge in [0, 0.05) is 14.1 Å². The number of halogens is 2. The molecule has 0 atom stereocenters. The Hall–Kier alpha value is 0.01000. The van der Waals surface area contributed by atoms with E-state index in [1.165, 1.54) is 37.3 Å². The number of rotatable bonds is 1. The highest BCUT2D eigenvalue weighted by Gasteiger charge is 1.93. The number of piperidine rings is 1. The summed E-state index contributed by atoms with van der Waals surface area (Å²) in [6.07, 6.45) is 4.97. The molecule has 0 aromatic heterocycles. The lowest BCUT2D eigenvalue weighted by molar-refractivity contribution is -0.115. The minimum Gasteiger partial charge on any atom is -0.351 e. The first-order chi connectivity index (χ1) is 6.68. The van der Waals surface area contributed by atoms with E-state index in [0.717, 1.165) is 6.41 Å². The molecular formula is C9H20Cl2N2O. The summed E-state index contributed by atoms with van der Waals surface area (Å²) in [4.78, 5) is 10.9. The van der Waals surface area contributed by atoms with E-state index >= 15 is 0 Å². The molecule has 0 saturated carbocycles. The largest absolute Gasteiger partial charge is 0.351 e. The summed E-state index contributed by atoms with van der Waals surface area (Å²) < 4.78 is 0. The second-order valence-electron chi connectivity index (χ2n) is 2.98. The van der Waals surface area contributed by atoms with Gasteiger partial charge in [-0.1, -0.05) is 6.42 Å². The van der Waals surface area contributed by atoms with Crippen LogP contribution in [0.25, 0.3) is 0 Å². The van der Waals surface area contributed by atoms with Crippen molar-refractivity contribution in [2.75, 3.05) is 32.5 Å². The number of carbonyl (C=O) groups excluding carboxylic acids is 1. The second kappa shape index (κ2) is 15.5. The van der Waals surface area contributed by atoms with Crippen molar-refractivity contribution >= 4 is 29.6 Å². The summed E-state index contributed by atoms with van der Waals surface area (Å²) in [6.45, 7) is 2.50. The van der Waals surface area contributed by atoms with Crippen molar-refractivity contribution in [3.63, 3.8) is 0 Å². The molecule has 14 heavy (non-hydrogen) atoms. The van der Waals surface area contributed by atoms with Crippen LogP contribution >= 0.6 is 23.2 Å². The zero-order valence-corrected chi connectivity index (χ0v) is 10.4. The molecule has 1 aliphatic heterocycles. The minimum absolute atomic E-state index is 0.194. The van der Waals surface area contributed by atoms with Gasteiger partial charge < -0.3 is 10.2 Å². The average molecular weight is 243 g/mol. The molecule has 1 heterocycles. The first kappa shape index (κ1) is 16.4. The third-order valence-corrected chi connectivity index (χ3v) is 1.42. The average Bonchev–Trinajstić information content (AvgIpc) is 2.22. The van der Waals surface area contributed by atoms with Crippen molar-refractivity contribution in [3.8, 4) is 0 Å². The van der Waals surface area contributed by atoms with Crippen LogP contribution in [0, 0.1) is 0 Å². The maximum atomic E-state index is 9.43. The molecule has 0 aliphatic carbocycles. The molecule has 86 valence electrons. The van der Waals surface area contributed by atoms with E-state index in [9.17, 15) is 4.79 Å². The predicted molar refractivity (Wildman–Crippen MR) is 63.0 cm³/mol. The summed E-state index contributed by atoms with van der Waals surface area (Å²) in [5, 5.41) is 3.48. The van der Waals surface area contributed by atoms with Crippen molar-refractivity contribution in [2.24, 2.45) is 0 Å². The highest BCUT2D eigenvalue weighted by Crippen LogP contribution is 1.96. The van der Waals surface area contributed by atoms with E-state index in [2.05, 4.69) is 5.32 Å². The number of alkyl halides is 2. The molecule has 3 nitrogen and oxygen atoms in total. The van der Waals surface area contributed by atoms with Crippen molar-refractivity contribution in [1.82, 2.24) is 10.2 Å². The van der Waals surface area contributed by atoms with Gasteiger partial charge >= 0.3 is 0 Å². The third kappa shape index (κ3) is 22.7. The van der Waals surface area contributed by atoms with Crippen LogP contribution in [0.3, 0.4) is 0 Å². The fourth-order valence-electron chi connectivity index (χ4n) is 0.802. The molecule has 0 spiro atoms. The normalized spacial score (nSPS) is 14.0. The smallest absolute Gasteiger partial charge is 0.209 e. The standard InChI is InChI=1S/C5H11N.C3H7NO.CH2Cl2/c1-2-4-6-5-3-1;1-4(2)3-5;2-1-3/h6H,1-5H2;3H,1-2H3;1H2. The molecule has 0 radical (unpaired) electrons. The van der Waals surface area contributed by atoms with E-state index in [4.69, 9.17) is 23.2 Å². The number of carbonyl (C=O) groups is 1. The number of nitrogens with one attached hydrogen (secondary N) is 1. The first-order valence-corrected chi connectivity index (χ1v) is 5.70. The van der Waals surface area contributed by atoms with Crippen molar-refractivity contribution in [2.45, 2.75) is 19.3 Å². The van der Waals surface area contributed by atoms with E-state index in [1.54, 1.807) is 14.1 Å². The Kier molecular flexibility index (Phi) is 18.2. The Labute approximate surface area is 96.7 Å². The van der Waals surface area contributed by atoms with Gasteiger partial charge in [-0.05, 0) is 25.9 Å². The SMILES string of the molecule is C1CCNCC1.CN(C)C=O.ClCCl. The Morgan fingerprint density at radius 1 is 1.21 bits per heavy atom. The number of hydrogen-bond acceptors (Lipinski definition) is 2. The molecule has 0 bridgehead atoms. The molecule has 1 saturated heterocycles. The van der Waals surface area contributed by atoms with Gasteiger partial charge in [0.15, 0.2) is 0 Å². The van der Waals surface area contributed by atoms with Gasteiger partial charge in [-0.15, -0.1) is 23.2 Å². The number of nitrogens with zero attached hydrogens (tertiary/aromatic N) is 1. The van der Waals surface area contributed by atoms with Gasteiger partial charge in [0.1, 0.15) is 0 Å². The minimum atomic E-state index is 0.194. The Bertz CT molecular complexity index is 97.5. The number of hydrogen-bond donors (Lipinski definition) is 1. The van der Waals surface area contributed by atoms with E-state index in [1.807, 2.05) is 0 Å². The highest BCUT2D eigenvalue weighted by atomic mass is 35.5. The van der Waals surface area contributed by atoms with Crippen molar-refractivity contribution < 1.29 is 4.79 Å². The van der Waals surface area contributed by atoms with E-state index in [0.29, 0.717) is 0 Å². The summed E-state index contributed by atoms with van der Waals surface area (Å²) in [5.74, 6) is 0. The molecule has 5 heteroatoms. The van der Waals surface area contributed by atoms with Crippen LogP contribution in [0.15, 0.2) is 0 Å². The zero-order chi connectivity index (χ0) is 11.2. The molecule has 1 amide bonds. The van der Waals surface area contributed by atoms with Crippen LogP contribution < -0.4 is 5.32 Å². The second-order valence-corrected chi connectivity index (χ2v) is 3.79. The van der Waals surface area contributed by atoms with Crippen LogP contribution in [0.1, 0.15) is 19.3 Å². The zero-order valence-electron chi connectivity index (χ0n) is 8.93. The van der Waals surface area contributed by atoms with E-state index in [-0.39, 0.29) is 5.34 Å². The predicted octanol–water partition coefficient (Wildman–Crippen LogP) is 1.89. The van der Waals surface area contributed by atoms with Crippen LogP contribution in [0.2, 0.25) is 0 Å². The van der Waals surface area contributed by atoms with Gasteiger partial charge in [-0.3, -0.25) is 4.79 Å². The molecule has 0 aromatic carbocycles. The molecule has 1 rings (SSSR count). The molecule has 1 aliphatic rings. The lowest BCUT2D eigenvalue weighted by Gasteiger charge is -2.08. The molecule has 1 fully saturated rings. The van der Waals surface area contributed by atoms with Gasteiger partial charge in [0.25, 0.3) is 0 Å². The van der Waals surface area contributed by atoms with Crippen LogP contribution in [-0.4, -0.2) is 43.8 Å². The van der Waals surface area contributed by atoms with Crippen LogP contribution in [-0.2, 0) is 4.79 Å². The molecule has 0 aromatic rings. The number of amides is 1. The van der Waals surface area contributed by atoms with Crippen molar-refractivity contribution in [1.29, 1.82) is 0 Å².